The Morgan fingerprint density at radius 1 is 1.18 bits per heavy atom. The molecule has 7 heteroatoms. The first-order valence-corrected chi connectivity index (χ1v) is 9.77. The number of aromatic nitrogens is 3. The fraction of sp³-hybridized carbons (Fsp3) is 0.429. The van der Waals surface area contributed by atoms with Crippen LogP contribution in [0.5, 0.6) is 0 Å². The van der Waals surface area contributed by atoms with Crippen LogP contribution < -0.4 is 10.5 Å². The van der Waals surface area contributed by atoms with Crippen LogP contribution in [0.3, 0.4) is 0 Å². The van der Waals surface area contributed by atoms with E-state index in [-0.39, 0.29) is 24.3 Å². The minimum Gasteiger partial charge on any atom is -0.443 e. The highest BCUT2D eigenvalue weighted by atomic mass is 16.3. The van der Waals surface area contributed by atoms with E-state index < -0.39 is 0 Å². The number of oxazole rings is 1. The minimum atomic E-state index is -0.249. The van der Waals surface area contributed by atoms with E-state index in [1.165, 1.54) is 42.8 Å². The zero-order chi connectivity index (χ0) is 19.1. The molecular weight excluding hydrogens is 356 g/mol. The van der Waals surface area contributed by atoms with E-state index in [1.807, 2.05) is 12.1 Å². The summed E-state index contributed by atoms with van der Waals surface area (Å²) in [5.74, 6) is 0.728. The van der Waals surface area contributed by atoms with Crippen molar-refractivity contribution in [3.8, 4) is 0 Å². The van der Waals surface area contributed by atoms with Crippen LogP contribution >= 0.6 is 0 Å². The molecule has 2 aromatic heterocycles. The normalized spacial score (nSPS) is 17.9. The average Bonchev–Trinajstić information content (AvgIpc) is 3.30. The molecule has 2 fully saturated rings. The van der Waals surface area contributed by atoms with Gasteiger partial charge < -0.3 is 9.32 Å². The molecular formula is C21H22N4O3. The van der Waals surface area contributed by atoms with Gasteiger partial charge in [-0.15, -0.1) is 0 Å². The lowest BCUT2D eigenvalue weighted by Gasteiger charge is -2.38. The van der Waals surface area contributed by atoms with Crippen LogP contribution in [0, 0.1) is 5.41 Å². The van der Waals surface area contributed by atoms with E-state index in [2.05, 4.69) is 15.0 Å². The fourth-order valence-corrected chi connectivity index (χ4v) is 4.40. The molecule has 28 heavy (non-hydrogen) atoms. The molecule has 5 rings (SSSR count). The Balaban J connectivity index is 1.30. The first kappa shape index (κ1) is 17.2. The molecule has 7 nitrogen and oxygen atoms in total. The topological polar surface area (TPSA) is 81.2 Å². The predicted octanol–water partition coefficient (Wildman–Crippen LogP) is 2.58. The molecule has 3 heterocycles. The number of hydrogen-bond acceptors (Lipinski definition) is 6. The summed E-state index contributed by atoms with van der Waals surface area (Å²) in [5.41, 5.74) is 2.47. The maximum Gasteiger partial charge on any atom is 0.267 e. The van der Waals surface area contributed by atoms with Gasteiger partial charge >= 0.3 is 0 Å². The van der Waals surface area contributed by atoms with Crippen LogP contribution in [0.4, 0.5) is 5.82 Å². The number of rotatable bonds is 5. The lowest BCUT2D eigenvalue weighted by molar-refractivity contribution is -0.119. The molecule has 1 spiro atoms. The highest BCUT2D eigenvalue weighted by molar-refractivity contribution is 5.82. The molecule has 3 aromatic rings. The Morgan fingerprint density at radius 3 is 2.86 bits per heavy atom. The third kappa shape index (κ3) is 3.10. The third-order valence-electron chi connectivity index (χ3n) is 6.15. The number of hydrogen-bond donors (Lipinski definition) is 0. The van der Waals surface area contributed by atoms with Crippen molar-refractivity contribution in [1.82, 2.24) is 14.8 Å². The van der Waals surface area contributed by atoms with Gasteiger partial charge in [-0.25, -0.2) is 9.67 Å². The van der Waals surface area contributed by atoms with E-state index in [1.54, 1.807) is 12.1 Å². The Kier molecular flexibility index (Phi) is 4.03. The molecule has 1 aliphatic carbocycles. The monoisotopic (exact) mass is 378 g/mol. The summed E-state index contributed by atoms with van der Waals surface area (Å²) in [4.78, 5) is 31.1. The molecule has 1 aliphatic heterocycles. The summed E-state index contributed by atoms with van der Waals surface area (Å²) in [6.07, 6.45) is 6.70. The summed E-state index contributed by atoms with van der Waals surface area (Å²) in [6.45, 7) is 1.95. The van der Waals surface area contributed by atoms with Crippen LogP contribution in [0.25, 0.3) is 11.1 Å². The quantitative estimate of drug-likeness (QED) is 0.679. The Hall–Kier alpha value is -2.96. The molecule has 0 radical (unpaired) electrons. The zero-order valence-corrected chi connectivity index (χ0v) is 15.6. The average molecular weight is 378 g/mol. The van der Waals surface area contributed by atoms with Crippen molar-refractivity contribution in [2.24, 2.45) is 5.41 Å². The number of anilines is 1. The highest BCUT2D eigenvalue weighted by Crippen LogP contribution is 2.48. The van der Waals surface area contributed by atoms with Gasteiger partial charge in [0.1, 0.15) is 17.9 Å². The van der Waals surface area contributed by atoms with Crippen molar-refractivity contribution >= 4 is 22.7 Å². The number of carbonyl (C=O) groups is 1. The van der Waals surface area contributed by atoms with Gasteiger partial charge in [0.2, 0.25) is 0 Å². The van der Waals surface area contributed by atoms with E-state index in [4.69, 9.17) is 4.42 Å². The first-order valence-electron chi connectivity index (χ1n) is 9.77. The summed E-state index contributed by atoms with van der Waals surface area (Å²) in [5, 5.41) is 4.48. The van der Waals surface area contributed by atoms with Crippen molar-refractivity contribution < 1.29 is 9.21 Å². The minimum absolute atomic E-state index is 0.0253. The maximum atomic E-state index is 12.5. The standard InChI is InChI=1S/C21H22N4O3/c26-16(10-15-2-3-18-17(11-15)22-14-28-18)12-25-20(27)5-4-19(23-25)24-9-8-21(13-24)6-1-7-21/h2-5,11,14H,1,6-10,12-13H2. The van der Waals surface area contributed by atoms with Crippen LogP contribution in [0.1, 0.15) is 31.2 Å². The second-order valence-corrected chi connectivity index (χ2v) is 8.08. The number of Topliss-reactive ketones (excluding diaryl/α,β-unsaturated/α-hetero) is 1. The molecule has 0 N–H and O–H groups in total. The largest absolute Gasteiger partial charge is 0.443 e. The molecule has 144 valence electrons. The Bertz CT molecular complexity index is 1100. The number of ketones is 1. The van der Waals surface area contributed by atoms with Crippen molar-refractivity contribution in [2.45, 2.75) is 38.6 Å². The molecule has 1 saturated carbocycles. The van der Waals surface area contributed by atoms with Gasteiger partial charge in [-0.1, -0.05) is 12.5 Å². The SMILES string of the molecule is O=C(Cc1ccc2ocnc2c1)Cn1nc(N2CCC3(CCC3)C2)ccc1=O. The molecule has 0 amide bonds. The lowest BCUT2D eigenvalue weighted by atomic mass is 9.68. The van der Waals surface area contributed by atoms with Crippen LogP contribution in [0.15, 0.2) is 45.9 Å². The molecule has 0 unspecified atom stereocenters. The molecule has 0 bridgehead atoms. The zero-order valence-electron chi connectivity index (χ0n) is 15.6. The molecule has 0 atom stereocenters. The second-order valence-electron chi connectivity index (χ2n) is 8.08. The number of fused-ring (bicyclic) bond motifs is 1. The molecule has 2 aliphatic rings. The Labute approximate surface area is 162 Å². The van der Waals surface area contributed by atoms with Crippen molar-refractivity contribution in [3.63, 3.8) is 0 Å². The van der Waals surface area contributed by atoms with Gasteiger partial charge in [-0.2, -0.15) is 5.10 Å². The van der Waals surface area contributed by atoms with Gasteiger partial charge in [0.05, 0.1) is 0 Å². The van der Waals surface area contributed by atoms with Gasteiger partial charge in [0, 0.05) is 25.6 Å². The summed E-state index contributed by atoms with van der Waals surface area (Å²) >= 11 is 0. The fourth-order valence-electron chi connectivity index (χ4n) is 4.40. The van der Waals surface area contributed by atoms with Gasteiger partial charge in [0.25, 0.3) is 5.56 Å². The molecule has 1 aromatic carbocycles. The van der Waals surface area contributed by atoms with E-state index in [9.17, 15) is 9.59 Å². The van der Waals surface area contributed by atoms with E-state index >= 15 is 0 Å². The second kappa shape index (κ2) is 6.58. The van der Waals surface area contributed by atoms with E-state index in [0.29, 0.717) is 11.0 Å². The number of nitrogens with zero attached hydrogens (tertiary/aromatic N) is 4. The third-order valence-corrected chi connectivity index (χ3v) is 6.15. The van der Waals surface area contributed by atoms with Crippen LogP contribution in [-0.4, -0.2) is 33.6 Å². The van der Waals surface area contributed by atoms with Gasteiger partial charge in [-0.3, -0.25) is 9.59 Å². The van der Waals surface area contributed by atoms with Crippen molar-refractivity contribution in [3.05, 3.63) is 52.6 Å². The van der Waals surface area contributed by atoms with E-state index in [0.717, 1.165) is 30.0 Å². The number of benzene rings is 1. The predicted molar refractivity (Wildman–Crippen MR) is 104 cm³/mol. The van der Waals surface area contributed by atoms with Crippen molar-refractivity contribution in [2.75, 3.05) is 18.0 Å². The maximum absolute atomic E-state index is 12.5. The smallest absolute Gasteiger partial charge is 0.267 e. The van der Waals surface area contributed by atoms with Gasteiger partial charge in [0.15, 0.2) is 17.8 Å². The van der Waals surface area contributed by atoms with Crippen LogP contribution in [-0.2, 0) is 17.8 Å². The summed E-state index contributed by atoms with van der Waals surface area (Å²) in [6, 6.07) is 8.79. The van der Waals surface area contributed by atoms with Crippen molar-refractivity contribution in [1.29, 1.82) is 0 Å². The lowest BCUT2D eigenvalue weighted by Crippen LogP contribution is -2.34. The van der Waals surface area contributed by atoms with Crippen LogP contribution in [0.2, 0.25) is 0 Å². The van der Waals surface area contributed by atoms with Gasteiger partial charge in [-0.05, 0) is 48.4 Å². The Morgan fingerprint density at radius 2 is 2.07 bits per heavy atom. The summed E-state index contributed by atoms with van der Waals surface area (Å²) in [7, 11) is 0. The highest BCUT2D eigenvalue weighted by Gasteiger charge is 2.43. The summed E-state index contributed by atoms with van der Waals surface area (Å²) < 4.78 is 6.51. The number of carbonyl (C=O) groups excluding carboxylic acids is 1. The first-order chi connectivity index (χ1) is 13.6. The molecule has 1 saturated heterocycles.